The number of carbonyl (C=O) groups excluding carboxylic acids is 2. The maximum Gasteiger partial charge on any atom is 0.331 e. The number of rotatable bonds is 3. The van der Waals surface area contributed by atoms with Gasteiger partial charge in [0.05, 0.1) is 29.3 Å². The predicted octanol–water partition coefficient (Wildman–Crippen LogP) is 4.15. The molecule has 6 N–H and O–H groups in total. The zero-order valence-electron chi connectivity index (χ0n) is 32.8. The van der Waals surface area contributed by atoms with Crippen LogP contribution in [0.4, 0.5) is 0 Å². The number of esters is 1. The van der Waals surface area contributed by atoms with E-state index < -0.39 is 57.6 Å². The maximum absolute atomic E-state index is 14.1. The molecule has 1 aromatic carbocycles. The van der Waals surface area contributed by atoms with Gasteiger partial charge in [-0.2, -0.15) is 0 Å². The summed E-state index contributed by atoms with van der Waals surface area (Å²) in [5.74, 6) is 5.16. The van der Waals surface area contributed by atoms with E-state index in [4.69, 9.17) is 4.74 Å². The van der Waals surface area contributed by atoms with Gasteiger partial charge in [0.15, 0.2) is 0 Å². The lowest BCUT2D eigenvalue weighted by atomic mass is 9.36. The summed E-state index contributed by atoms with van der Waals surface area (Å²) in [4.78, 5) is 27.4. The molecule has 0 radical (unpaired) electrons. The first-order valence-electron chi connectivity index (χ1n) is 21.7. The van der Waals surface area contributed by atoms with E-state index in [1.54, 1.807) is 6.08 Å². The fraction of sp³-hybridized carbons (Fsp3) is 0.702. The average molecular weight is 766 g/mol. The van der Waals surface area contributed by atoms with Gasteiger partial charge < -0.3 is 40.4 Å². The van der Waals surface area contributed by atoms with Crippen molar-refractivity contribution in [2.75, 3.05) is 7.05 Å². The third-order valence-corrected chi connectivity index (χ3v) is 18.4. The van der Waals surface area contributed by atoms with Crippen LogP contribution in [0.25, 0.3) is 0 Å². The molecule has 0 aromatic heterocycles. The average Bonchev–Trinajstić information content (AvgIpc) is 3.65. The summed E-state index contributed by atoms with van der Waals surface area (Å²) < 4.78 is 6.23. The fourth-order valence-electron chi connectivity index (χ4n) is 16.2. The molecular formula is C47H59NO8. The van der Waals surface area contributed by atoms with E-state index in [2.05, 4.69) is 36.2 Å². The van der Waals surface area contributed by atoms with Crippen LogP contribution >= 0.6 is 0 Å². The minimum Gasteiger partial charge on any atom is -0.454 e. The molecular weight excluding hydrogens is 707 g/mol. The van der Waals surface area contributed by atoms with Gasteiger partial charge in [-0.1, -0.05) is 43.0 Å². The minimum absolute atomic E-state index is 0.0715. The lowest BCUT2D eigenvalue weighted by Crippen LogP contribution is -2.80. The SMILES string of the molecule is CN[C@@H]1Cc2c(cccc2CO)C#CCC[C@]23CC[C@H]4[C@@](O)(C[C@@H]5C[C@H]6[C@H](C=CC[C@@H]6C)C[C@@H]6[C@@H](O)CC[C@@]4(C=O)[C@]56O)[C@@]2(O)C[C@@H]2C[C@@H]1[C@@H]1OC(=O)C=C1[C@@H]23. The smallest absolute Gasteiger partial charge is 0.331 e. The van der Waals surface area contributed by atoms with Gasteiger partial charge in [-0.25, -0.2) is 4.79 Å². The van der Waals surface area contributed by atoms with E-state index in [1.165, 1.54) is 0 Å². The molecule has 10 aliphatic rings. The van der Waals surface area contributed by atoms with Crippen molar-refractivity contribution in [1.82, 2.24) is 5.32 Å². The molecule has 17 atom stereocenters. The monoisotopic (exact) mass is 765 g/mol. The largest absolute Gasteiger partial charge is 0.454 e. The Morgan fingerprint density at radius 3 is 2.68 bits per heavy atom. The van der Waals surface area contributed by atoms with E-state index >= 15 is 0 Å². The molecule has 0 saturated heterocycles. The lowest BCUT2D eigenvalue weighted by molar-refractivity contribution is -0.343. The van der Waals surface area contributed by atoms with Crippen LogP contribution in [-0.2, 0) is 27.4 Å². The Bertz CT molecular complexity index is 1950. The van der Waals surface area contributed by atoms with E-state index in [-0.39, 0.29) is 61.0 Å². The van der Waals surface area contributed by atoms with Crippen molar-refractivity contribution in [3.63, 3.8) is 0 Å². The molecule has 9 aliphatic carbocycles. The Morgan fingerprint density at radius 1 is 1.05 bits per heavy atom. The molecule has 4 bridgehead atoms. The summed E-state index contributed by atoms with van der Waals surface area (Å²) in [6, 6.07) is 5.73. The van der Waals surface area contributed by atoms with Crippen LogP contribution in [0, 0.1) is 75.9 Å². The number of fused-ring (bicyclic) bond motifs is 7. The van der Waals surface area contributed by atoms with Crippen LogP contribution < -0.4 is 5.32 Å². The topological polar surface area (TPSA) is 157 Å². The van der Waals surface area contributed by atoms with Crippen LogP contribution in [0.3, 0.4) is 0 Å². The quantitative estimate of drug-likeness (QED) is 0.115. The number of carbonyl (C=O) groups is 2. The van der Waals surface area contributed by atoms with Crippen molar-refractivity contribution >= 4 is 12.3 Å². The number of nitrogens with one attached hydrogen (secondary N) is 1. The molecule has 11 rings (SSSR count). The molecule has 56 heavy (non-hydrogen) atoms. The van der Waals surface area contributed by atoms with Crippen LogP contribution in [0.2, 0.25) is 0 Å². The second kappa shape index (κ2) is 12.8. The lowest BCUT2D eigenvalue weighted by Gasteiger charge is -2.72. The van der Waals surface area contributed by atoms with Crippen LogP contribution in [0.5, 0.6) is 0 Å². The third-order valence-electron chi connectivity index (χ3n) is 18.4. The maximum atomic E-state index is 14.1. The van der Waals surface area contributed by atoms with Crippen LogP contribution in [0.15, 0.2) is 42.0 Å². The first kappa shape index (κ1) is 37.4. The zero-order valence-corrected chi connectivity index (χ0v) is 32.8. The van der Waals surface area contributed by atoms with Gasteiger partial charge in [-0.05, 0) is 142 Å². The standard InChI is InChI=1S/C47H59NO8/c1-26-7-5-10-28-18-36-38(51)12-15-44(25-50)39-13-16-43-14-4-3-8-27-9-6-11-29(24-49)33(27)20-37(48-2)34-17-30(41(43)35-21-40(52)56-42(34)35)22-46(43,54)45(39,53)23-31(19-32(26)28)47(36,44)55/h5-6,9-11,21,25-26,28,30-32,34,36-39,41-42,48-49,51,53-55H,4,7,12-20,22-24H2,1-2H3/t26-,28+,30-,31-,32+,34-,36+,37+,38-,39+,41+,42-,43+,44-,45-,46+,47-/m0/s1. The van der Waals surface area contributed by atoms with Gasteiger partial charge in [0.1, 0.15) is 18.0 Å². The van der Waals surface area contributed by atoms with Gasteiger partial charge in [-0.15, -0.1) is 0 Å². The molecule has 9 nitrogen and oxygen atoms in total. The first-order chi connectivity index (χ1) is 26.9. The van der Waals surface area contributed by atoms with Crippen molar-refractivity contribution in [2.45, 2.75) is 132 Å². The summed E-state index contributed by atoms with van der Waals surface area (Å²) in [7, 11) is 1.93. The zero-order chi connectivity index (χ0) is 39.0. The van der Waals surface area contributed by atoms with Crippen molar-refractivity contribution in [3.05, 3.63) is 58.7 Å². The Balaban J connectivity index is 1.15. The second-order valence-electron chi connectivity index (χ2n) is 19.9. The van der Waals surface area contributed by atoms with Gasteiger partial charge in [0, 0.05) is 47.3 Å². The number of aliphatic hydroxyl groups is 5. The van der Waals surface area contributed by atoms with Gasteiger partial charge in [0.25, 0.3) is 0 Å². The Kier molecular flexibility index (Phi) is 8.57. The van der Waals surface area contributed by atoms with Crippen molar-refractivity contribution in [2.24, 2.45) is 64.1 Å². The van der Waals surface area contributed by atoms with Crippen LogP contribution in [0.1, 0.15) is 101 Å². The molecule has 6 saturated carbocycles. The summed E-state index contributed by atoms with van der Waals surface area (Å²) in [5, 5.41) is 67.1. The summed E-state index contributed by atoms with van der Waals surface area (Å²) in [6.07, 6.45) is 12.3. The number of ether oxygens (including phenoxy) is 1. The van der Waals surface area contributed by atoms with E-state index in [0.29, 0.717) is 70.1 Å². The highest BCUT2D eigenvalue weighted by atomic mass is 16.5. The fourth-order valence-corrected chi connectivity index (χ4v) is 16.2. The number of aldehydes is 1. The Morgan fingerprint density at radius 2 is 1.89 bits per heavy atom. The van der Waals surface area contributed by atoms with E-state index in [0.717, 1.165) is 35.0 Å². The third kappa shape index (κ3) is 4.61. The van der Waals surface area contributed by atoms with E-state index in [9.17, 15) is 35.1 Å². The van der Waals surface area contributed by atoms with E-state index in [1.807, 2.05) is 25.2 Å². The summed E-state index contributed by atoms with van der Waals surface area (Å²) in [6.45, 7) is 2.15. The number of hydrogen-bond donors (Lipinski definition) is 6. The van der Waals surface area contributed by atoms with Crippen LogP contribution in [-0.4, -0.2) is 79.9 Å². The highest BCUT2D eigenvalue weighted by molar-refractivity contribution is 5.86. The first-order valence-corrected chi connectivity index (χ1v) is 21.7. The number of aliphatic hydroxyl groups excluding tert-OH is 2. The normalized spacial score (nSPS) is 51.0. The van der Waals surface area contributed by atoms with Gasteiger partial charge >= 0.3 is 5.97 Å². The number of likely N-dealkylation sites (N-methyl/N-ethyl adjacent to an activating group) is 1. The molecule has 1 aromatic rings. The van der Waals surface area contributed by atoms with Crippen molar-refractivity contribution in [1.29, 1.82) is 0 Å². The second-order valence-corrected chi connectivity index (χ2v) is 19.9. The van der Waals surface area contributed by atoms with Crippen molar-refractivity contribution in [3.8, 4) is 11.8 Å². The molecule has 1 heterocycles. The summed E-state index contributed by atoms with van der Waals surface area (Å²) in [5.41, 5.74) is -3.45. The molecule has 9 heteroatoms. The Labute approximate surface area is 330 Å². The molecule has 300 valence electrons. The number of allylic oxidation sites excluding steroid dienone is 2. The molecule has 1 aliphatic heterocycles. The van der Waals surface area contributed by atoms with Crippen molar-refractivity contribution < 1.29 is 39.9 Å². The predicted molar refractivity (Wildman–Crippen MR) is 207 cm³/mol. The highest BCUT2D eigenvalue weighted by Gasteiger charge is 2.83. The summed E-state index contributed by atoms with van der Waals surface area (Å²) >= 11 is 0. The molecule has 0 unspecified atom stereocenters. The van der Waals surface area contributed by atoms with Gasteiger partial charge in [0.2, 0.25) is 0 Å². The highest BCUT2D eigenvalue weighted by Crippen LogP contribution is 2.77. The number of benzene rings is 1. The molecule has 6 fully saturated rings. The van der Waals surface area contributed by atoms with Gasteiger partial charge in [-0.3, -0.25) is 0 Å². The number of hydrogen-bond acceptors (Lipinski definition) is 9. The minimum atomic E-state index is -1.70. The molecule has 0 amide bonds. The Hall–Kier alpha value is -2.84. The molecule has 1 spiro atoms.